The van der Waals surface area contributed by atoms with Crippen molar-refractivity contribution in [2.45, 2.75) is 13.0 Å². The molecule has 0 aromatic rings. The number of likely N-dealkylation sites (N-methyl/N-ethyl adjacent to an activating group) is 1. The lowest BCUT2D eigenvalue weighted by Crippen LogP contribution is -2.49. The molecule has 1 N–H and O–H groups in total. The SMILES string of the molecule is CN[C@H](C)C(=O)N1CCS(=O)(=O)CC1. The van der Waals surface area contributed by atoms with E-state index in [9.17, 15) is 13.2 Å². The average Bonchev–Trinajstić information content (AvgIpc) is 2.15. The van der Waals surface area contributed by atoms with Gasteiger partial charge in [-0.3, -0.25) is 4.79 Å². The van der Waals surface area contributed by atoms with Gasteiger partial charge in [-0.05, 0) is 14.0 Å². The molecule has 0 saturated carbocycles. The van der Waals surface area contributed by atoms with Gasteiger partial charge in [0.05, 0.1) is 17.5 Å². The topological polar surface area (TPSA) is 66.5 Å². The van der Waals surface area contributed by atoms with Gasteiger partial charge >= 0.3 is 0 Å². The van der Waals surface area contributed by atoms with Gasteiger partial charge in [0.1, 0.15) is 0 Å². The molecule has 82 valence electrons. The highest BCUT2D eigenvalue weighted by Gasteiger charge is 2.26. The van der Waals surface area contributed by atoms with Gasteiger partial charge in [0.15, 0.2) is 9.84 Å². The zero-order valence-electron chi connectivity index (χ0n) is 8.49. The molecule has 0 aromatic heterocycles. The molecule has 1 aliphatic rings. The van der Waals surface area contributed by atoms with Crippen LogP contribution >= 0.6 is 0 Å². The first-order valence-electron chi connectivity index (χ1n) is 4.63. The summed E-state index contributed by atoms with van der Waals surface area (Å²) in [5.41, 5.74) is 0. The molecular weight excluding hydrogens is 204 g/mol. The van der Waals surface area contributed by atoms with E-state index in [1.807, 2.05) is 0 Å². The number of nitrogens with zero attached hydrogens (tertiary/aromatic N) is 1. The van der Waals surface area contributed by atoms with Crippen LogP contribution in [0.3, 0.4) is 0 Å². The smallest absolute Gasteiger partial charge is 0.239 e. The maximum absolute atomic E-state index is 11.6. The molecule has 0 aliphatic carbocycles. The molecule has 0 bridgehead atoms. The third-order valence-corrected chi connectivity index (χ3v) is 4.07. The number of rotatable bonds is 2. The first-order chi connectivity index (χ1) is 6.46. The number of carbonyl (C=O) groups excluding carboxylic acids is 1. The predicted octanol–water partition coefficient (Wildman–Crippen LogP) is -1.15. The quantitative estimate of drug-likeness (QED) is 0.638. The van der Waals surface area contributed by atoms with Gasteiger partial charge in [0.2, 0.25) is 5.91 Å². The zero-order valence-corrected chi connectivity index (χ0v) is 9.30. The number of amides is 1. The van der Waals surface area contributed by atoms with Crippen LogP contribution in [0, 0.1) is 0 Å². The van der Waals surface area contributed by atoms with Crippen molar-refractivity contribution in [3.8, 4) is 0 Å². The van der Waals surface area contributed by atoms with E-state index in [0.717, 1.165) is 0 Å². The third kappa shape index (κ3) is 2.68. The Hall–Kier alpha value is -0.620. The van der Waals surface area contributed by atoms with Gasteiger partial charge in [-0.2, -0.15) is 0 Å². The summed E-state index contributed by atoms with van der Waals surface area (Å²) in [4.78, 5) is 13.2. The van der Waals surface area contributed by atoms with E-state index in [1.165, 1.54) is 0 Å². The summed E-state index contributed by atoms with van der Waals surface area (Å²) in [5.74, 6) is 0.159. The van der Waals surface area contributed by atoms with Crippen molar-refractivity contribution >= 4 is 15.7 Å². The Balaban J connectivity index is 2.54. The maximum atomic E-state index is 11.6. The van der Waals surface area contributed by atoms with Gasteiger partial charge < -0.3 is 10.2 Å². The number of carbonyl (C=O) groups is 1. The Morgan fingerprint density at radius 2 is 1.86 bits per heavy atom. The van der Waals surface area contributed by atoms with Crippen LogP contribution in [0.1, 0.15) is 6.92 Å². The summed E-state index contributed by atoms with van der Waals surface area (Å²) in [5, 5.41) is 2.84. The van der Waals surface area contributed by atoms with E-state index in [-0.39, 0.29) is 23.5 Å². The van der Waals surface area contributed by atoms with Crippen molar-refractivity contribution in [2.75, 3.05) is 31.6 Å². The highest BCUT2D eigenvalue weighted by molar-refractivity contribution is 7.91. The van der Waals surface area contributed by atoms with Crippen molar-refractivity contribution in [3.05, 3.63) is 0 Å². The largest absolute Gasteiger partial charge is 0.339 e. The van der Waals surface area contributed by atoms with Crippen LogP contribution in [-0.4, -0.2) is 56.9 Å². The van der Waals surface area contributed by atoms with Crippen LogP contribution in [0.4, 0.5) is 0 Å². The zero-order chi connectivity index (χ0) is 10.8. The van der Waals surface area contributed by atoms with Crippen molar-refractivity contribution in [3.63, 3.8) is 0 Å². The molecule has 1 fully saturated rings. The van der Waals surface area contributed by atoms with Gasteiger partial charge in [0, 0.05) is 13.1 Å². The van der Waals surface area contributed by atoms with Crippen LogP contribution in [0.15, 0.2) is 0 Å². The van der Waals surface area contributed by atoms with Crippen LogP contribution in [0.2, 0.25) is 0 Å². The summed E-state index contributed by atoms with van der Waals surface area (Å²) in [6.45, 7) is 2.42. The summed E-state index contributed by atoms with van der Waals surface area (Å²) in [7, 11) is -1.18. The summed E-state index contributed by atoms with van der Waals surface area (Å²) >= 11 is 0. The van der Waals surface area contributed by atoms with Gasteiger partial charge in [-0.25, -0.2) is 8.42 Å². The molecule has 14 heavy (non-hydrogen) atoms. The number of hydrogen-bond donors (Lipinski definition) is 1. The Labute approximate surface area is 84.4 Å². The van der Waals surface area contributed by atoms with E-state index < -0.39 is 9.84 Å². The van der Waals surface area contributed by atoms with Crippen molar-refractivity contribution in [1.82, 2.24) is 10.2 Å². The Kier molecular flexibility index (Phi) is 3.49. The molecule has 0 unspecified atom stereocenters. The second-order valence-electron chi connectivity index (χ2n) is 3.49. The minimum absolute atomic E-state index is 0.0256. The van der Waals surface area contributed by atoms with E-state index in [1.54, 1.807) is 18.9 Å². The van der Waals surface area contributed by atoms with Gasteiger partial charge in [-0.1, -0.05) is 0 Å². The highest BCUT2D eigenvalue weighted by Crippen LogP contribution is 2.05. The minimum atomic E-state index is -2.90. The van der Waals surface area contributed by atoms with Crippen molar-refractivity contribution in [1.29, 1.82) is 0 Å². The monoisotopic (exact) mass is 220 g/mol. The molecule has 1 rings (SSSR count). The van der Waals surface area contributed by atoms with Crippen LogP contribution in [0.5, 0.6) is 0 Å². The molecule has 1 saturated heterocycles. The van der Waals surface area contributed by atoms with E-state index in [4.69, 9.17) is 0 Å². The first kappa shape index (κ1) is 11.5. The number of nitrogens with one attached hydrogen (secondary N) is 1. The fraction of sp³-hybridized carbons (Fsp3) is 0.875. The lowest BCUT2D eigenvalue weighted by Gasteiger charge is -2.28. The molecule has 0 radical (unpaired) electrons. The second-order valence-corrected chi connectivity index (χ2v) is 5.79. The normalized spacial score (nSPS) is 23.1. The number of sulfone groups is 1. The molecule has 0 spiro atoms. The molecule has 1 aliphatic heterocycles. The third-order valence-electron chi connectivity index (χ3n) is 2.46. The maximum Gasteiger partial charge on any atom is 0.239 e. The number of hydrogen-bond acceptors (Lipinski definition) is 4. The van der Waals surface area contributed by atoms with E-state index in [0.29, 0.717) is 13.1 Å². The summed E-state index contributed by atoms with van der Waals surface area (Å²) < 4.78 is 22.2. The van der Waals surface area contributed by atoms with Gasteiger partial charge in [-0.15, -0.1) is 0 Å². The lowest BCUT2D eigenvalue weighted by atomic mass is 10.3. The van der Waals surface area contributed by atoms with E-state index >= 15 is 0 Å². The predicted molar refractivity (Wildman–Crippen MR) is 53.8 cm³/mol. The second kappa shape index (κ2) is 4.27. The standard InChI is InChI=1S/C8H16N2O3S/c1-7(9-2)8(11)10-3-5-14(12,13)6-4-10/h7,9H,3-6H2,1-2H3/t7-/m1/s1. The molecule has 1 amide bonds. The molecule has 6 heteroatoms. The average molecular weight is 220 g/mol. The highest BCUT2D eigenvalue weighted by atomic mass is 32.2. The van der Waals surface area contributed by atoms with Crippen molar-refractivity contribution in [2.24, 2.45) is 0 Å². The van der Waals surface area contributed by atoms with Crippen LogP contribution in [0.25, 0.3) is 0 Å². The van der Waals surface area contributed by atoms with E-state index in [2.05, 4.69) is 5.32 Å². The molecule has 5 nitrogen and oxygen atoms in total. The lowest BCUT2D eigenvalue weighted by molar-refractivity contribution is -0.132. The fourth-order valence-corrected chi connectivity index (χ4v) is 2.53. The fourth-order valence-electron chi connectivity index (χ4n) is 1.33. The summed E-state index contributed by atoms with van der Waals surface area (Å²) in [6.07, 6.45) is 0. The Morgan fingerprint density at radius 3 is 2.29 bits per heavy atom. The Bertz CT molecular complexity index is 299. The molecule has 1 heterocycles. The molecular formula is C8H16N2O3S. The minimum Gasteiger partial charge on any atom is -0.339 e. The molecule has 1 atom stereocenters. The summed E-state index contributed by atoms with van der Waals surface area (Å²) in [6, 6.07) is -0.240. The van der Waals surface area contributed by atoms with Gasteiger partial charge in [0.25, 0.3) is 0 Å². The Morgan fingerprint density at radius 1 is 1.36 bits per heavy atom. The van der Waals surface area contributed by atoms with Crippen LogP contribution < -0.4 is 5.32 Å². The first-order valence-corrected chi connectivity index (χ1v) is 6.45. The van der Waals surface area contributed by atoms with Crippen molar-refractivity contribution < 1.29 is 13.2 Å². The molecule has 0 aromatic carbocycles. The van der Waals surface area contributed by atoms with Crippen LogP contribution in [-0.2, 0) is 14.6 Å².